The fraction of sp³-hybridized carbons (Fsp3) is 0.357. The van der Waals surface area contributed by atoms with Gasteiger partial charge in [-0.2, -0.15) is 0 Å². The minimum absolute atomic E-state index is 0.646. The van der Waals surface area contributed by atoms with Gasteiger partial charge in [0.2, 0.25) is 0 Å². The number of pyridine rings is 1. The lowest BCUT2D eigenvalue weighted by Crippen LogP contribution is -2.08. The highest BCUT2D eigenvalue weighted by Gasteiger charge is 2.02. The molecular weight excluding hydrogens is 196 g/mol. The fourth-order valence-corrected chi connectivity index (χ4v) is 1.73. The number of hydrogen-bond donors (Lipinski definition) is 1. The average Bonchev–Trinajstić information content (AvgIpc) is 2.26. The Morgan fingerprint density at radius 2 is 2.06 bits per heavy atom. The van der Waals surface area contributed by atoms with E-state index in [-0.39, 0.29) is 0 Å². The Hall–Kier alpha value is -1.57. The third kappa shape index (κ3) is 2.32. The second-order valence-electron chi connectivity index (χ2n) is 4.65. The number of fused-ring (bicyclic) bond motifs is 1. The van der Waals surface area contributed by atoms with Crippen molar-refractivity contribution < 1.29 is 0 Å². The summed E-state index contributed by atoms with van der Waals surface area (Å²) >= 11 is 0. The first-order valence-electron chi connectivity index (χ1n) is 5.76. The van der Waals surface area contributed by atoms with Gasteiger partial charge in [-0.15, -0.1) is 0 Å². The van der Waals surface area contributed by atoms with Gasteiger partial charge in [0.05, 0.1) is 5.52 Å². The van der Waals surface area contributed by atoms with Gasteiger partial charge in [0.25, 0.3) is 0 Å². The minimum Gasteiger partial charge on any atom is -0.384 e. The molecule has 0 bridgehead atoms. The standard InChI is InChI=1S/C14H18N2/c1-10(2)9-16-14-6-7-15-13-5-4-11(3)8-12(13)14/h4-8,10H,9H2,1-3H3,(H,15,16). The third-order valence-corrected chi connectivity index (χ3v) is 2.60. The zero-order chi connectivity index (χ0) is 11.5. The molecule has 0 aliphatic rings. The van der Waals surface area contributed by atoms with Crippen molar-refractivity contribution >= 4 is 16.6 Å². The number of hydrogen-bond acceptors (Lipinski definition) is 2. The molecule has 0 aliphatic heterocycles. The predicted octanol–water partition coefficient (Wildman–Crippen LogP) is 3.61. The van der Waals surface area contributed by atoms with E-state index in [1.165, 1.54) is 16.6 Å². The van der Waals surface area contributed by atoms with E-state index < -0.39 is 0 Å². The molecule has 1 aromatic heterocycles. The smallest absolute Gasteiger partial charge is 0.0722 e. The highest BCUT2D eigenvalue weighted by molar-refractivity contribution is 5.91. The number of aryl methyl sites for hydroxylation is 1. The highest BCUT2D eigenvalue weighted by atomic mass is 14.9. The van der Waals surface area contributed by atoms with Crippen LogP contribution in [0.3, 0.4) is 0 Å². The van der Waals surface area contributed by atoms with Crippen molar-refractivity contribution in [3.63, 3.8) is 0 Å². The molecule has 1 heterocycles. The molecule has 0 aliphatic carbocycles. The van der Waals surface area contributed by atoms with Crippen molar-refractivity contribution in [2.75, 3.05) is 11.9 Å². The summed E-state index contributed by atoms with van der Waals surface area (Å²) in [7, 11) is 0. The van der Waals surface area contributed by atoms with Crippen LogP contribution in [0.1, 0.15) is 19.4 Å². The number of nitrogens with zero attached hydrogens (tertiary/aromatic N) is 1. The summed E-state index contributed by atoms with van der Waals surface area (Å²) in [4.78, 5) is 4.37. The second-order valence-corrected chi connectivity index (χ2v) is 4.65. The molecule has 16 heavy (non-hydrogen) atoms. The first kappa shape index (κ1) is 10.9. The third-order valence-electron chi connectivity index (χ3n) is 2.60. The Morgan fingerprint density at radius 3 is 2.81 bits per heavy atom. The van der Waals surface area contributed by atoms with Crippen LogP contribution in [-0.2, 0) is 0 Å². The Morgan fingerprint density at radius 1 is 1.25 bits per heavy atom. The maximum atomic E-state index is 4.37. The molecule has 0 amide bonds. The molecule has 0 radical (unpaired) electrons. The van der Waals surface area contributed by atoms with Crippen LogP contribution in [0.2, 0.25) is 0 Å². The van der Waals surface area contributed by atoms with Gasteiger partial charge in [-0.25, -0.2) is 0 Å². The molecule has 1 aromatic carbocycles. The molecular formula is C14H18N2. The Kier molecular flexibility index (Phi) is 3.09. The topological polar surface area (TPSA) is 24.9 Å². The normalized spacial score (nSPS) is 11.0. The van der Waals surface area contributed by atoms with Crippen molar-refractivity contribution in [1.29, 1.82) is 0 Å². The van der Waals surface area contributed by atoms with Crippen molar-refractivity contribution in [1.82, 2.24) is 4.98 Å². The van der Waals surface area contributed by atoms with E-state index in [2.05, 4.69) is 49.3 Å². The van der Waals surface area contributed by atoms with Crippen LogP contribution in [0, 0.1) is 12.8 Å². The van der Waals surface area contributed by atoms with Gasteiger partial charge < -0.3 is 5.32 Å². The molecule has 0 spiro atoms. The van der Waals surface area contributed by atoms with Crippen LogP contribution in [0.15, 0.2) is 30.5 Å². The van der Waals surface area contributed by atoms with Crippen molar-refractivity contribution in [2.45, 2.75) is 20.8 Å². The van der Waals surface area contributed by atoms with E-state index in [0.29, 0.717) is 5.92 Å². The second kappa shape index (κ2) is 4.52. The highest BCUT2D eigenvalue weighted by Crippen LogP contribution is 2.22. The molecule has 2 heteroatoms. The van der Waals surface area contributed by atoms with Gasteiger partial charge in [-0.1, -0.05) is 25.5 Å². The largest absolute Gasteiger partial charge is 0.384 e. The molecule has 1 N–H and O–H groups in total. The lowest BCUT2D eigenvalue weighted by atomic mass is 10.1. The Labute approximate surface area is 96.7 Å². The Balaban J connectivity index is 2.40. The zero-order valence-corrected chi connectivity index (χ0v) is 10.1. The molecule has 0 atom stereocenters. The van der Waals surface area contributed by atoms with E-state index >= 15 is 0 Å². The van der Waals surface area contributed by atoms with Crippen LogP contribution < -0.4 is 5.32 Å². The monoisotopic (exact) mass is 214 g/mol. The van der Waals surface area contributed by atoms with Gasteiger partial charge in [0, 0.05) is 23.8 Å². The first-order valence-corrected chi connectivity index (χ1v) is 5.76. The van der Waals surface area contributed by atoms with Gasteiger partial charge in [0.1, 0.15) is 0 Å². The van der Waals surface area contributed by atoms with Crippen LogP contribution in [0.5, 0.6) is 0 Å². The van der Waals surface area contributed by atoms with Gasteiger partial charge in [0.15, 0.2) is 0 Å². The van der Waals surface area contributed by atoms with Crippen LogP contribution >= 0.6 is 0 Å². The summed E-state index contributed by atoms with van der Waals surface area (Å²) in [6.07, 6.45) is 1.86. The average molecular weight is 214 g/mol. The van der Waals surface area contributed by atoms with E-state index in [1.54, 1.807) is 0 Å². The van der Waals surface area contributed by atoms with E-state index in [1.807, 2.05) is 12.3 Å². The summed E-state index contributed by atoms with van der Waals surface area (Å²) in [6, 6.07) is 8.40. The summed E-state index contributed by atoms with van der Waals surface area (Å²) in [5.74, 6) is 0.646. The van der Waals surface area contributed by atoms with Crippen LogP contribution in [0.4, 0.5) is 5.69 Å². The number of benzene rings is 1. The van der Waals surface area contributed by atoms with Crippen LogP contribution in [0.25, 0.3) is 10.9 Å². The molecule has 2 rings (SSSR count). The Bertz CT molecular complexity index is 489. The number of nitrogens with one attached hydrogen (secondary N) is 1. The maximum absolute atomic E-state index is 4.37. The number of anilines is 1. The quantitative estimate of drug-likeness (QED) is 0.844. The molecule has 0 fully saturated rings. The molecule has 0 unspecified atom stereocenters. The lowest BCUT2D eigenvalue weighted by molar-refractivity contribution is 0.689. The van der Waals surface area contributed by atoms with Crippen molar-refractivity contribution in [2.24, 2.45) is 5.92 Å². The molecule has 2 aromatic rings. The summed E-state index contributed by atoms with van der Waals surface area (Å²) < 4.78 is 0. The molecule has 84 valence electrons. The summed E-state index contributed by atoms with van der Waals surface area (Å²) in [6.45, 7) is 7.52. The van der Waals surface area contributed by atoms with Crippen molar-refractivity contribution in [3.8, 4) is 0 Å². The van der Waals surface area contributed by atoms with Crippen LogP contribution in [-0.4, -0.2) is 11.5 Å². The van der Waals surface area contributed by atoms with Gasteiger partial charge in [-0.05, 0) is 31.0 Å². The molecule has 2 nitrogen and oxygen atoms in total. The summed E-state index contributed by atoms with van der Waals surface area (Å²) in [5.41, 5.74) is 3.51. The number of aromatic nitrogens is 1. The molecule has 0 saturated heterocycles. The minimum atomic E-state index is 0.646. The maximum Gasteiger partial charge on any atom is 0.0722 e. The van der Waals surface area contributed by atoms with Gasteiger partial charge >= 0.3 is 0 Å². The zero-order valence-electron chi connectivity index (χ0n) is 10.1. The van der Waals surface area contributed by atoms with Crippen molar-refractivity contribution in [3.05, 3.63) is 36.0 Å². The summed E-state index contributed by atoms with van der Waals surface area (Å²) in [5, 5.41) is 4.69. The first-order chi connectivity index (χ1) is 7.66. The van der Waals surface area contributed by atoms with E-state index in [4.69, 9.17) is 0 Å². The van der Waals surface area contributed by atoms with E-state index in [0.717, 1.165) is 12.1 Å². The predicted molar refractivity (Wildman–Crippen MR) is 69.8 cm³/mol. The lowest BCUT2D eigenvalue weighted by Gasteiger charge is -2.11. The molecule has 0 saturated carbocycles. The van der Waals surface area contributed by atoms with E-state index in [9.17, 15) is 0 Å². The van der Waals surface area contributed by atoms with Gasteiger partial charge in [-0.3, -0.25) is 4.98 Å². The fourth-order valence-electron chi connectivity index (χ4n) is 1.73. The number of rotatable bonds is 3. The SMILES string of the molecule is Cc1ccc2nccc(NCC(C)C)c2c1.